The number of ether oxygens (including phenoxy) is 2. The molecule has 3 saturated carbocycles. The Hall–Kier alpha value is -1.76. The molecule has 1 aromatic rings. The molecule has 4 rings (SSSR count). The third kappa shape index (κ3) is 2.65. The lowest BCUT2D eigenvalue weighted by Crippen LogP contribution is -2.79. The summed E-state index contributed by atoms with van der Waals surface area (Å²) >= 11 is 0. The van der Waals surface area contributed by atoms with E-state index in [1.165, 1.54) is 0 Å². The Labute approximate surface area is 129 Å². The Bertz CT molecular complexity index is 556. The molecule has 3 aliphatic carbocycles. The first-order chi connectivity index (χ1) is 10.3. The first-order valence-electron chi connectivity index (χ1n) is 7.56. The fourth-order valence-corrected chi connectivity index (χ4v) is 3.43. The minimum Gasteiger partial charge on any atom is -0.488 e. The number of carbonyl (C=O) groups is 1. The molecule has 2 N–H and O–H groups in total. The number of rotatable bonds is 5. The van der Waals surface area contributed by atoms with Gasteiger partial charge in [0, 0.05) is 0 Å². The number of carbonyl (C=O) groups excluding carboxylic acids is 1. The molecule has 3 fully saturated rings. The fourth-order valence-electron chi connectivity index (χ4n) is 3.43. The highest BCUT2D eigenvalue weighted by molar-refractivity contribution is 5.70. The third-order valence-corrected chi connectivity index (χ3v) is 4.17. The van der Waals surface area contributed by atoms with E-state index in [1.807, 2.05) is 31.6 Å². The van der Waals surface area contributed by atoms with Crippen LogP contribution in [-0.2, 0) is 10.3 Å². The molecule has 0 radical (unpaired) electrons. The summed E-state index contributed by atoms with van der Waals surface area (Å²) in [5.41, 5.74) is -0.623. The molecule has 7 heteroatoms. The lowest BCUT2D eigenvalue weighted by molar-refractivity contribution is -0.143. The molecule has 1 heterocycles. The van der Waals surface area contributed by atoms with Gasteiger partial charge in [-0.3, -0.25) is 4.68 Å². The van der Waals surface area contributed by atoms with Crippen molar-refractivity contribution in [3.05, 3.63) is 12.4 Å². The number of aromatic nitrogens is 2. The Morgan fingerprint density at radius 3 is 2.73 bits per heavy atom. The molecule has 0 aliphatic heterocycles. The molecule has 2 bridgehead atoms. The maximum absolute atomic E-state index is 11.9. The van der Waals surface area contributed by atoms with Crippen LogP contribution in [0.3, 0.4) is 0 Å². The van der Waals surface area contributed by atoms with Gasteiger partial charge in [0.1, 0.15) is 12.2 Å². The Morgan fingerprint density at radius 1 is 1.45 bits per heavy atom. The van der Waals surface area contributed by atoms with Crippen molar-refractivity contribution in [3.63, 3.8) is 0 Å². The maximum Gasteiger partial charge on any atom is 0.408 e. The number of alkyl carbamates (subject to hydrolysis) is 1. The van der Waals surface area contributed by atoms with Crippen LogP contribution in [0.1, 0.15) is 40.0 Å². The van der Waals surface area contributed by atoms with Crippen LogP contribution >= 0.6 is 0 Å². The first kappa shape index (κ1) is 15.1. The van der Waals surface area contributed by atoms with Crippen LogP contribution in [0.25, 0.3) is 0 Å². The summed E-state index contributed by atoms with van der Waals surface area (Å²) < 4.78 is 12.6. The van der Waals surface area contributed by atoms with Crippen molar-refractivity contribution in [2.75, 3.05) is 13.2 Å². The molecule has 1 amide bonds. The molecule has 0 unspecified atom stereocenters. The van der Waals surface area contributed by atoms with Crippen molar-refractivity contribution < 1.29 is 19.4 Å². The standard InChI is InChI=1S/C15H23N3O4/c1-13(2,3)22-12(20)17-14-8-15(9-14,10-14)18-7-11(6-16-18)21-5-4-19/h6-7,19H,4-5,8-10H2,1-3H3,(H,17,20). The van der Waals surface area contributed by atoms with Crippen LogP contribution in [0.2, 0.25) is 0 Å². The number of amides is 1. The predicted octanol–water partition coefficient (Wildman–Crippen LogP) is 1.41. The molecule has 1 aromatic heterocycles. The average molecular weight is 309 g/mol. The fraction of sp³-hybridized carbons (Fsp3) is 0.733. The summed E-state index contributed by atoms with van der Waals surface area (Å²) in [4.78, 5) is 11.9. The SMILES string of the molecule is CC(C)(C)OC(=O)NC12CC(n3cc(OCCO)cn3)(C1)C2. The van der Waals surface area contributed by atoms with E-state index < -0.39 is 5.60 Å². The number of hydrogen-bond acceptors (Lipinski definition) is 5. The summed E-state index contributed by atoms with van der Waals surface area (Å²) in [5, 5.41) is 16.1. The van der Waals surface area contributed by atoms with Crippen LogP contribution in [0.5, 0.6) is 5.75 Å². The number of aliphatic hydroxyl groups is 1. The molecule has 0 saturated heterocycles. The quantitative estimate of drug-likeness (QED) is 0.859. The van der Waals surface area contributed by atoms with Crippen molar-refractivity contribution in [1.29, 1.82) is 0 Å². The molecular weight excluding hydrogens is 286 g/mol. The summed E-state index contributed by atoms with van der Waals surface area (Å²) in [7, 11) is 0. The normalized spacial score (nSPS) is 29.3. The molecule has 0 atom stereocenters. The number of nitrogens with one attached hydrogen (secondary N) is 1. The van der Waals surface area contributed by atoms with Gasteiger partial charge in [-0.15, -0.1) is 0 Å². The highest BCUT2D eigenvalue weighted by atomic mass is 16.6. The van der Waals surface area contributed by atoms with Crippen LogP contribution < -0.4 is 10.1 Å². The van der Waals surface area contributed by atoms with E-state index in [2.05, 4.69) is 10.4 Å². The highest BCUT2D eigenvalue weighted by Gasteiger charge is 2.70. The van der Waals surface area contributed by atoms with E-state index in [1.54, 1.807) is 6.20 Å². The van der Waals surface area contributed by atoms with Gasteiger partial charge in [-0.1, -0.05) is 0 Å². The zero-order valence-corrected chi connectivity index (χ0v) is 13.3. The summed E-state index contributed by atoms with van der Waals surface area (Å²) in [6.45, 7) is 5.82. The van der Waals surface area contributed by atoms with E-state index >= 15 is 0 Å². The number of aliphatic hydroxyl groups excluding tert-OH is 1. The lowest BCUT2D eigenvalue weighted by atomic mass is 9.44. The smallest absolute Gasteiger partial charge is 0.408 e. The van der Waals surface area contributed by atoms with Gasteiger partial charge in [0.2, 0.25) is 0 Å². The van der Waals surface area contributed by atoms with Crippen molar-refractivity contribution in [1.82, 2.24) is 15.1 Å². The van der Waals surface area contributed by atoms with Gasteiger partial charge in [-0.2, -0.15) is 5.10 Å². The second kappa shape index (κ2) is 4.87. The van der Waals surface area contributed by atoms with Crippen LogP contribution in [0.15, 0.2) is 12.4 Å². The van der Waals surface area contributed by atoms with Gasteiger partial charge in [-0.25, -0.2) is 4.79 Å². The molecule has 22 heavy (non-hydrogen) atoms. The predicted molar refractivity (Wildman–Crippen MR) is 78.7 cm³/mol. The largest absolute Gasteiger partial charge is 0.488 e. The molecule has 122 valence electrons. The number of nitrogens with zero attached hydrogens (tertiary/aromatic N) is 2. The van der Waals surface area contributed by atoms with E-state index in [4.69, 9.17) is 14.6 Å². The van der Waals surface area contributed by atoms with Gasteiger partial charge in [0.05, 0.1) is 30.1 Å². The molecule has 3 aliphatic rings. The van der Waals surface area contributed by atoms with Crippen molar-refractivity contribution in [2.45, 2.75) is 56.7 Å². The zero-order chi connectivity index (χ0) is 16.0. The van der Waals surface area contributed by atoms with Crippen LogP contribution in [0, 0.1) is 0 Å². The highest BCUT2D eigenvalue weighted by Crippen LogP contribution is 2.65. The Morgan fingerprint density at radius 2 is 2.14 bits per heavy atom. The van der Waals surface area contributed by atoms with Gasteiger partial charge in [-0.05, 0) is 40.0 Å². The zero-order valence-electron chi connectivity index (χ0n) is 13.3. The summed E-state index contributed by atoms with van der Waals surface area (Å²) in [6.07, 6.45) is 5.74. The second-order valence-corrected chi connectivity index (χ2v) is 7.35. The topological polar surface area (TPSA) is 85.6 Å². The van der Waals surface area contributed by atoms with Crippen molar-refractivity contribution in [2.24, 2.45) is 0 Å². The molecule has 7 nitrogen and oxygen atoms in total. The Kier molecular flexibility index (Phi) is 3.36. The van der Waals surface area contributed by atoms with Gasteiger partial charge in [0.15, 0.2) is 5.75 Å². The third-order valence-electron chi connectivity index (χ3n) is 4.17. The minimum atomic E-state index is -0.480. The molecular formula is C15H23N3O4. The van der Waals surface area contributed by atoms with E-state index in [0.29, 0.717) is 5.75 Å². The summed E-state index contributed by atoms with van der Waals surface area (Å²) in [6, 6.07) is 0. The van der Waals surface area contributed by atoms with Gasteiger partial charge < -0.3 is 19.9 Å². The molecule has 0 spiro atoms. The summed E-state index contributed by atoms with van der Waals surface area (Å²) in [5.74, 6) is 0.660. The van der Waals surface area contributed by atoms with Crippen molar-refractivity contribution in [3.8, 4) is 5.75 Å². The van der Waals surface area contributed by atoms with E-state index in [0.717, 1.165) is 19.3 Å². The van der Waals surface area contributed by atoms with E-state index in [-0.39, 0.29) is 30.4 Å². The van der Waals surface area contributed by atoms with Gasteiger partial charge >= 0.3 is 6.09 Å². The van der Waals surface area contributed by atoms with E-state index in [9.17, 15) is 4.79 Å². The Balaban J connectivity index is 1.53. The van der Waals surface area contributed by atoms with Crippen LogP contribution in [0.4, 0.5) is 4.79 Å². The van der Waals surface area contributed by atoms with Crippen molar-refractivity contribution >= 4 is 6.09 Å². The van der Waals surface area contributed by atoms with Crippen LogP contribution in [-0.4, -0.2) is 45.3 Å². The lowest BCUT2D eigenvalue weighted by Gasteiger charge is -2.69. The second-order valence-electron chi connectivity index (χ2n) is 7.35. The first-order valence-corrected chi connectivity index (χ1v) is 7.56. The van der Waals surface area contributed by atoms with Gasteiger partial charge in [0.25, 0.3) is 0 Å². The minimum absolute atomic E-state index is 0.00413. The monoisotopic (exact) mass is 309 g/mol. The average Bonchev–Trinajstić information content (AvgIpc) is 2.75. The number of hydrogen-bond donors (Lipinski definition) is 2. The maximum atomic E-state index is 11.9. The molecule has 0 aromatic carbocycles.